The van der Waals surface area contributed by atoms with Gasteiger partial charge in [-0.15, -0.1) is 0 Å². The van der Waals surface area contributed by atoms with E-state index in [0.29, 0.717) is 24.2 Å². The second kappa shape index (κ2) is 6.07. The van der Waals surface area contributed by atoms with Crippen LogP contribution < -0.4 is 10.6 Å². The van der Waals surface area contributed by atoms with Crippen molar-refractivity contribution in [2.45, 2.75) is 39.7 Å². The van der Waals surface area contributed by atoms with Crippen molar-refractivity contribution >= 4 is 17.6 Å². The van der Waals surface area contributed by atoms with Gasteiger partial charge in [-0.05, 0) is 31.6 Å². The minimum atomic E-state index is -0.643. The molecule has 1 atom stereocenters. The summed E-state index contributed by atoms with van der Waals surface area (Å²) in [5, 5.41) is 9.46. The molecule has 0 bridgehead atoms. The Morgan fingerprint density at radius 2 is 2.05 bits per heavy atom. The van der Waals surface area contributed by atoms with Crippen LogP contribution >= 0.6 is 0 Å². The predicted octanol–water partition coefficient (Wildman–Crippen LogP) is 1.56. The molecular weight excluding hydrogens is 256 g/mol. The molecule has 110 valence electrons. The largest absolute Gasteiger partial charge is 0.348 e. The van der Waals surface area contributed by atoms with Crippen LogP contribution in [0.25, 0.3) is 0 Å². The van der Waals surface area contributed by atoms with Crippen molar-refractivity contribution in [2.75, 3.05) is 11.9 Å². The van der Waals surface area contributed by atoms with Gasteiger partial charge in [0.2, 0.25) is 0 Å². The van der Waals surface area contributed by atoms with E-state index < -0.39 is 11.8 Å². The van der Waals surface area contributed by atoms with Crippen LogP contribution in [-0.4, -0.2) is 28.1 Å². The first kappa shape index (κ1) is 14.6. The van der Waals surface area contributed by atoms with Crippen LogP contribution in [0.15, 0.2) is 12.3 Å². The average Bonchev–Trinajstić information content (AvgIpc) is 3.15. The second-order valence-corrected chi connectivity index (χ2v) is 5.80. The molecule has 1 aliphatic carbocycles. The molecule has 0 aromatic carbocycles. The van der Waals surface area contributed by atoms with Gasteiger partial charge in [-0.1, -0.05) is 13.8 Å². The van der Waals surface area contributed by atoms with Crippen LogP contribution in [0.4, 0.5) is 5.82 Å². The Labute approximate surface area is 118 Å². The molecule has 0 saturated heterocycles. The van der Waals surface area contributed by atoms with E-state index in [1.54, 1.807) is 16.9 Å². The van der Waals surface area contributed by atoms with Crippen molar-refractivity contribution in [1.82, 2.24) is 15.1 Å². The number of aromatic nitrogens is 2. The molecule has 1 aromatic rings. The number of hydrogen-bond donors (Lipinski definition) is 2. The highest BCUT2D eigenvalue weighted by Crippen LogP contribution is 2.40. The van der Waals surface area contributed by atoms with Crippen molar-refractivity contribution in [3.63, 3.8) is 0 Å². The van der Waals surface area contributed by atoms with Crippen LogP contribution in [0, 0.1) is 11.8 Å². The fraction of sp³-hybridized carbons (Fsp3) is 0.643. The van der Waals surface area contributed by atoms with Gasteiger partial charge in [0.05, 0.1) is 12.2 Å². The maximum Gasteiger partial charge on any atom is 0.314 e. The van der Waals surface area contributed by atoms with Crippen LogP contribution in [0.1, 0.15) is 39.7 Å². The average molecular weight is 278 g/mol. The molecule has 0 unspecified atom stereocenters. The highest BCUT2D eigenvalue weighted by molar-refractivity contribution is 6.39. The van der Waals surface area contributed by atoms with Gasteiger partial charge >= 0.3 is 11.8 Å². The number of hydrogen-bond acceptors (Lipinski definition) is 3. The molecule has 2 rings (SSSR count). The molecular formula is C14H22N4O2. The number of anilines is 1. The molecule has 1 aromatic heterocycles. The summed E-state index contributed by atoms with van der Waals surface area (Å²) < 4.78 is 1.78. The van der Waals surface area contributed by atoms with Crippen molar-refractivity contribution in [3.05, 3.63) is 12.3 Å². The third kappa shape index (κ3) is 3.59. The molecule has 6 heteroatoms. The normalized spacial score (nSPS) is 16.0. The molecule has 1 heterocycles. The molecule has 1 fully saturated rings. The van der Waals surface area contributed by atoms with Gasteiger partial charge in [0.15, 0.2) is 0 Å². The highest BCUT2D eigenvalue weighted by atomic mass is 16.2. The zero-order valence-electron chi connectivity index (χ0n) is 12.2. The van der Waals surface area contributed by atoms with Gasteiger partial charge < -0.3 is 10.6 Å². The Morgan fingerprint density at radius 3 is 2.65 bits per heavy atom. The second-order valence-electron chi connectivity index (χ2n) is 5.80. The summed E-state index contributed by atoms with van der Waals surface area (Å²) in [6.07, 6.45) is 4.03. The summed E-state index contributed by atoms with van der Waals surface area (Å²) in [5.41, 5.74) is 0. The van der Waals surface area contributed by atoms with Gasteiger partial charge in [0.1, 0.15) is 5.82 Å². The zero-order valence-corrected chi connectivity index (χ0v) is 12.2. The topological polar surface area (TPSA) is 76.0 Å². The third-order valence-electron chi connectivity index (χ3n) is 3.48. The summed E-state index contributed by atoms with van der Waals surface area (Å²) in [6, 6.07) is 1.96. The van der Waals surface area contributed by atoms with E-state index in [-0.39, 0.29) is 6.04 Å². The van der Waals surface area contributed by atoms with Crippen molar-refractivity contribution in [2.24, 2.45) is 11.8 Å². The molecule has 0 spiro atoms. The Hall–Kier alpha value is -1.85. The van der Waals surface area contributed by atoms with Gasteiger partial charge in [0, 0.05) is 12.6 Å². The first-order chi connectivity index (χ1) is 9.49. The van der Waals surface area contributed by atoms with Crippen molar-refractivity contribution in [1.29, 1.82) is 0 Å². The number of amides is 2. The van der Waals surface area contributed by atoms with Crippen molar-refractivity contribution < 1.29 is 9.59 Å². The lowest BCUT2D eigenvalue weighted by molar-refractivity contribution is -0.136. The molecule has 0 aliphatic heterocycles. The molecule has 20 heavy (non-hydrogen) atoms. The quantitative estimate of drug-likeness (QED) is 0.803. The van der Waals surface area contributed by atoms with E-state index in [2.05, 4.69) is 22.7 Å². The molecule has 1 saturated carbocycles. The van der Waals surface area contributed by atoms with E-state index >= 15 is 0 Å². The summed E-state index contributed by atoms with van der Waals surface area (Å²) in [4.78, 5) is 23.5. The summed E-state index contributed by atoms with van der Waals surface area (Å²) in [5.74, 6) is 0.266. The Bertz CT molecular complexity index is 491. The van der Waals surface area contributed by atoms with Crippen LogP contribution in [0.5, 0.6) is 0 Å². The number of nitrogens with zero attached hydrogens (tertiary/aromatic N) is 2. The number of carbonyl (C=O) groups is 2. The first-order valence-corrected chi connectivity index (χ1v) is 7.11. The summed E-state index contributed by atoms with van der Waals surface area (Å²) >= 11 is 0. The molecule has 0 radical (unpaired) electrons. The van der Waals surface area contributed by atoms with E-state index in [1.165, 1.54) is 12.8 Å². The SMILES string of the molecule is CC(C)CNC(=O)C(=O)Nc1ccnn1[C@@H](C)C1CC1. The standard InChI is InChI=1S/C14H22N4O2/c1-9(2)8-15-13(19)14(20)17-12-6-7-16-18(12)10(3)11-4-5-11/h6-7,9-11H,4-5,8H2,1-3H3,(H,15,19)(H,17,20)/t10-/m0/s1. The van der Waals surface area contributed by atoms with Gasteiger partial charge in [-0.3, -0.25) is 9.59 Å². The number of nitrogens with one attached hydrogen (secondary N) is 2. The van der Waals surface area contributed by atoms with E-state index in [4.69, 9.17) is 0 Å². The predicted molar refractivity (Wildman–Crippen MR) is 76.1 cm³/mol. The van der Waals surface area contributed by atoms with E-state index in [1.807, 2.05) is 13.8 Å². The maximum atomic E-state index is 11.8. The lowest BCUT2D eigenvalue weighted by Gasteiger charge is -2.15. The minimum absolute atomic E-state index is 0.249. The Kier molecular flexibility index (Phi) is 4.42. The third-order valence-corrected chi connectivity index (χ3v) is 3.48. The summed E-state index contributed by atoms with van der Waals surface area (Å²) in [6.45, 7) is 6.53. The first-order valence-electron chi connectivity index (χ1n) is 7.11. The Morgan fingerprint density at radius 1 is 1.35 bits per heavy atom. The molecule has 6 nitrogen and oxygen atoms in total. The zero-order chi connectivity index (χ0) is 14.7. The van der Waals surface area contributed by atoms with Gasteiger partial charge in [-0.2, -0.15) is 5.10 Å². The minimum Gasteiger partial charge on any atom is -0.348 e. The van der Waals surface area contributed by atoms with Crippen LogP contribution in [-0.2, 0) is 9.59 Å². The van der Waals surface area contributed by atoms with E-state index in [0.717, 1.165) is 0 Å². The molecule has 2 amide bonds. The van der Waals surface area contributed by atoms with Crippen LogP contribution in [0.3, 0.4) is 0 Å². The van der Waals surface area contributed by atoms with Gasteiger partial charge in [0.25, 0.3) is 0 Å². The van der Waals surface area contributed by atoms with Crippen LogP contribution in [0.2, 0.25) is 0 Å². The highest BCUT2D eigenvalue weighted by Gasteiger charge is 2.31. The lowest BCUT2D eigenvalue weighted by atomic mass is 10.2. The number of carbonyl (C=O) groups excluding carboxylic acids is 2. The molecule has 2 N–H and O–H groups in total. The summed E-state index contributed by atoms with van der Waals surface area (Å²) in [7, 11) is 0. The molecule has 1 aliphatic rings. The fourth-order valence-electron chi connectivity index (χ4n) is 2.07. The Balaban J connectivity index is 1.94. The number of rotatable bonds is 5. The van der Waals surface area contributed by atoms with Gasteiger partial charge in [-0.25, -0.2) is 4.68 Å². The maximum absolute atomic E-state index is 11.8. The smallest absolute Gasteiger partial charge is 0.314 e. The van der Waals surface area contributed by atoms with E-state index in [9.17, 15) is 9.59 Å². The monoisotopic (exact) mass is 278 g/mol. The van der Waals surface area contributed by atoms with Crippen molar-refractivity contribution in [3.8, 4) is 0 Å². The fourth-order valence-corrected chi connectivity index (χ4v) is 2.07. The lowest BCUT2D eigenvalue weighted by Crippen LogP contribution is -2.37.